The van der Waals surface area contributed by atoms with Gasteiger partial charge in [0, 0.05) is 12.1 Å². The van der Waals surface area contributed by atoms with Gasteiger partial charge in [-0.05, 0) is 13.0 Å². The molecule has 0 radical (unpaired) electrons. The molecule has 2 heterocycles. The molecule has 0 bridgehead atoms. The molecule has 0 aliphatic carbocycles. The van der Waals surface area contributed by atoms with Gasteiger partial charge in [-0.25, -0.2) is 0 Å². The maximum Gasteiger partial charge on any atom is 0.293 e. The SMILES string of the molecule is C[C@H]1O[C@@H](c2ccncc2[N+](=O)[O-])[C@@H](C)C(=O)[C@H]1O. The van der Waals surface area contributed by atoms with Crippen molar-refractivity contribution in [2.75, 3.05) is 0 Å². The van der Waals surface area contributed by atoms with Crippen molar-refractivity contribution < 1.29 is 19.6 Å². The summed E-state index contributed by atoms with van der Waals surface area (Å²) in [4.78, 5) is 26.0. The van der Waals surface area contributed by atoms with Crippen LogP contribution in [0, 0.1) is 16.0 Å². The lowest BCUT2D eigenvalue weighted by Gasteiger charge is -2.35. The summed E-state index contributed by atoms with van der Waals surface area (Å²) in [5.74, 6) is -1.01. The van der Waals surface area contributed by atoms with E-state index >= 15 is 0 Å². The quantitative estimate of drug-likeness (QED) is 0.633. The Hall–Kier alpha value is -1.86. The largest absolute Gasteiger partial charge is 0.383 e. The highest BCUT2D eigenvalue weighted by atomic mass is 16.6. The Balaban J connectivity index is 2.41. The highest BCUT2D eigenvalue weighted by molar-refractivity contribution is 5.87. The summed E-state index contributed by atoms with van der Waals surface area (Å²) in [6.45, 7) is 3.15. The van der Waals surface area contributed by atoms with Gasteiger partial charge in [-0.3, -0.25) is 19.9 Å². The zero-order chi connectivity index (χ0) is 14.2. The Labute approximate surface area is 109 Å². The monoisotopic (exact) mass is 266 g/mol. The van der Waals surface area contributed by atoms with E-state index in [0.29, 0.717) is 5.56 Å². The van der Waals surface area contributed by atoms with E-state index in [4.69, 9.17) is 4.74 Å². The number of ketones is 1. The molecule has 2 rings (SSSR count). The third-order valence-corrected chi connectivity index (χ3v) is 3.34. The Kier molecular flexibility index (Phi) is 3.59. The van der Waals surface area contributed by atoms with E-state index in [2.05, 4.69) is 4.98 Å². The minimum atomic E-state index is -1.19. The molecular formula is C12H14N2O5. The summed E-state index contributed by atoms with van der Waals surface area (Å²) in [5.41, 5.74) is 0.121. The first-order valence-corrected chi connectivity index (χ1v) is 5.89. The zero-order valence-electron chi connectivity index (χ0n) is 10.5. The Bertz CT molecular complexity index is 519. The van der Waals surface area contributed by atoms with Crippen molar-refractivity contribution in [3.05, 3.63) is 34.1 Å². The minimum Gasteiger partial charge on any atom is -0.383 e. The fourth-order valence-corrected chi connectivity index (χ4v) is 2.21. The van der Waals surface area contributed by atoms with Gasteiger partial charge in [-0.15, -0.1) is 0 Å². The highest BCUT2D eigenvalue weighted by Gasteiger charge is 2.42. The summed E-state index contributed by atoms with van der Waals surface area (Å²) >= 11 is 0. The summed E-state index contributed by atoms with van der Waals surface area (Å²) < 4.78 is 5.56. The predicted molar refractivity (Wildman–Crippen MR) is 64.4 cm³/mol. The van der Waals surface area contributed by atoms with Crippen LogP contribution >= 0.6 is 0 Å². The molecule has 1 aromatic rings. The normalized spacial score (nSPS) is 31.2. The molecular weight excluding hydrogens is 252 g/mol. The number of aliphatic hydroxyl groups is 1. The number of carbonyl (C=O) groups is 1. The number of nitro groups is 1. The van der Waals surface area contributed by atoms with E-state index in [-0.39, 0.29) is 11.5 Å². The number of carbonyl (C=O) groups excluding carboxylic acids is 1. The smallest absolute Gasteiger partial charge is 0.293 e. The molecule has 1 saturated heterocycles. The van der Waals surface area contributed by atoms with Gasteiger partial charge in [-0.2, -0.15) is 0 Å². The van der Waals surface area contributed by atoms with Gasteiger partial charge in [-0.1, -0.05) is 6.92 Å². The van der Waals surface area contributed by atoms with Gasteiger partial charge >= 0.3 is 0 Å². The number of aromatic nitrogens is 1. The van der Waals surface area contributed by atoms with Crippen LogP contribution in [-0.4, -0.2) is 33.0 Å². The van der Waals surface area contributed by atoms with E-state index in [1.54, 1.807) is 13.8 Å². The van der Waals surface area contributed by atoms with E-state index in [1.165, 1.54) is 12.3 Å². The Morgan fingerprint density at radius 1 is 1.47 bits per heavy atom. The van der Waals surface area contributed by atoms with Crippen molar-refractivity contribution in [1.82, 2.24) is 4.98 Å². The summed E-state index contributed by atoms with van der Waals surface area (Å²) in [5, 5.41) is 20.6. The van der Waals surface area contributed by atoms with Crippen molar-refractivity contribution in [2.45, 2.75) is 32.2 Å². The molecule has 1 aliphatic rings. The lowest BCUT2D eigenvalue weighted by Crippen LogP contribution is -2.46. The van der Waals surface area contributed by atoms with Crippen molar-refractivity contribution in [3.63, 3.8) is 0 Å². The first-order chi connectivity index (χ1) is 8.93. The lowest BCUT2D eigenvalue weighted by atomic mass is 9.86. The second-order valence-corrected chi connectivity index (χ2v) is 4.59. The zero-order valence-corrected chi connectivity index (χ0v) is 10.5. The Morgan fingerprint density at radius 3 is 2.79 bits per heavy atom. The van der Waals surface area contributed by atoms with Gasteiger partial charge in [0.25, 0.3) is 5.69 Å². The number of aliphatic hydroxyl groups excluding tert-OH is 1. The van der Waals surface area contributed by atoms with Crippen molar-refractivity contribution in [3.8, 4) is 0 Å². The van der Waals surface area contributed by atoms with Crippen LogP contribution in [0.2, 0.25) is 0 Å². The molecule has 0 aromatic carbocycles. The molecule has 0 amide bonds. The van der Waals surface area contributed by atoms with E-state index in [0.717, 1.165) is 6.20 Å². The molecule has 7 nitrogen and oxygen atoms in total. The molecule has 19 heavy (non-hydrogen) atoms. The first-order valence-electron chi connectivity index (χ1n) is 5.89. The van der Waals surface area contributed by atoms with Crippen LogP contribution in [-0.2, 0) is 9.53 Å². The molecule has 0 saturated carbocycles. The van der Waals surface area contributed by atoms with Crippen LogP contribution in [0.5, 0.6) is 0 Å². The summed E-state index contributed by atoms with van der Waals surface area (Å²) in [6, 6.07) is 1.47. The third kappa shape index (κ3) is 2.34. The van der Waals surface area contributed by atoms with E-state index in [9.17, 15) is 20.0 Å². The molecule has 1 aliphatic heterocycles. The maximum absolute atomic E-state index is 11.9. The van der Waals surface area contributed by atoms with Gasteiger partial charge in [0.2, 0.25) is 0 Å². The number of ether oxygens (including phenoxy) is 1. The topological polar surface area (TPSA) is 103 Å². The van der Waals surface area contributed by atoms with Crippen LogP contribution in [0.15, 0.2) is 18.5 Å². The second kappa shape index (κ2) is 5.02. The number of pyridine rings is 1. The van der Waals surface area contributed by atoms with Crippen LogP contribution in [0.4, 0.5) is 5.69 Å². The average Bonchev–Trinajstić information content (AvgIpc) is 2.40. The fraction of sp³-hybridized carbons (Fsp3) is 0.500. The van der Waals surface area contributed by atoms with Gasteiger partial charge in [0.05, 0.1) is 22.7 Å². The number of nitrogens with zero attached hydrogens (tertiary/aromatic N) is 2. The minimum absolute atomic E-state index is 0.185. The highest BCUT2D eigenvalue weighted by Crippen LogP contribution is 2.37. The predicted octanol–water partition coefficient (Wildman–Crippen LogP) is 1.02. The lowest BCUT2D eigenvalue weighted by molar-refractivity contribution is -0.386. The van der Waals surface area contributed by atoms with E-state index < -0.39 is 29.2 Å². The van der Waals surface area contributed by atoms with Crippen molar-refractivity contribution in [1.29, 1.82) is 0 Å². The first kappa shape index (κ1) is 13.6. The summed E-state index contributed by atoms with van der Waals surface area (Å²) in [6.07, 6.45) is -0.0765. The Morgan fingerprint density at radius 2 is 2.16 bits per heavy atom. The van der Waals surface area contributed by atoms with Crippen LogP contribution in [0.1, 0.15) is 25.5 Å². The molecule has 1 aromatic heterocycles. The molecule has 1 N–H and O–H groups in total. The third-order valence-electron chi connectivity index (χ3n) is 3.34. The second-order valence-electron chi connectivity index (χ2n) is 4.59. The van der Waals surface area contributed by atoms with E-state index in [1.807, 2.05) is 0 Å². The van der Waals surface area contributed by atoms with Crippen molar-refractivity contribution >= 4 is 11.5 Å². The average molecular weight is 266 g/mol. The number of Topliss-reactive ketones (excluding diaryl/α,β-unsaturated/α-hetero) is 1. The molecule has 7 heteroatoms. The molecule has 102 valence electrons. The van der Waals surface area contributed by atoms with Gasteiger partial charge in [0.1, 0.15) is 12.3 Å². The fourth-order valence-electron chi connectivity index (χ4n) is 2.21. The standard InChI is InChI=1S/C12H14N2O5/c1-6-10(15)11(16)7(2)19-12(6)8-3-4-13-5-9(8)14(17)18/h3-7,11-12,16H,1-2H3/t6-,7+,11-,12+/m0/s1. The summed E-state index contributed by atoms with van der Waals surface area (Å²) in [7, 11) is 0. The molecule has 0 unspecified atom stereocenters. The molecule has 1 fully saturated rings. The van der Waals surface area contributed by atoms with Crippen molar-refractivity contribution in [2.24, 2.45) is 5.92 Å². The van der Waals surface area contributed by atoms with Crippen LogP contribution < -0.4 is 0 Å². The van der Waals surface area contributed by atoms with Crippen LogP contribution in [0.3, 0.4) is 0 Å². The van der Waals surface area contributed by atoms with Crippen LogP contribution in [0.25, 0.3) is 0 Å². The number of hydrogen-bond acceptors (Lipinski definition) is 6. The van der Waals surface area contributed by atoms with Gasteiger partial charge in [0.15, 0.2) is 5.78 Å². The van der Waals surface area contributed by atoms with Gasteiger partial charge < -0.3 is 9.84 Å². The number of rotatable bonds is 2. The molecule has 4 atom stereocenters. The number of hydrogen-bond donors (Lipinski definition) is 1. The maximum atomic E-state index is 11.9. The molecule has 0 spiro atoms.